The zero-order valence-electron chi connectivity index (χ0n) is 10.6. The predicted molar refractivity (Wildman–Crippen MR) is 75.3 cm³/mol. The number of aromatic hydroxyl groups is 1. The molecule has 10 heteroatoms. The van der Waals surface area contributed by atoms with E-state index >= 15 is 0 Å². The van der Waals surface area contributed by atoms with Gasteiger partial charge in [0.15, 0.2) is 5.69 Å². The monoisotopic (exact) mass is 370 g/mol. The lowest BCUT2D eigenvalue weighted by molar-refractivity contribution is -0.141. The van der Waals surface area contributed by atoms with E-state index in [2.05, 4.69) is 9.97 Å². The van der Waals surface area contributed by atoms with Crippen molar-refractivity contribution < 1.29 is 22.8 Å². The standard InChI is InChI=1S/C12H7Cl2F3N2O2S/c13-7-2-1-3-8(14)6(7)5-22(21)11-18-9(12(15,16)17)4-10(20)19-11/h1-4H,5H2,(H,18,19,20). The van der Waals surface area contributed by atoms with Crippen LogP contribution in [0.4, 0.5) is 13.2 Å². The van der Waals surface area contributed by atoms with Gasteiger partial charge in [-0.3, -0.25) is 0 Å². The van der Waals surface area contributed by atoms with Crippen molar-refractivity contribution in [3.05, 3.63) is 45.6 Å². The molecule has 2 aromatic rings. The highest BCUT2D eigenvalue weighted by Gasteiger charge is 2.35. The van der Waals surface area contributed by atoms with Crippen LogP contribution in [0.3, 0.4) is 0 Å². The number of halogens is 5. The Morgan fingerprint density at radius 2 is 1.77 bits per heavy atom. The van der Waals surface area contributed by atoms with Crippen molar-refractivity contribution in [2.24, 2.45) is 0 Å². The second-order valence-electron chi connectivity index (χ2n) is 4.08. The molecule has 1 aromatic carbocycles. The highest BCUT2D eigenvalue weighted by molar-refractivity contribution is 7.90. The molecular formula is C12H7Cl2F3N2O2S. The van der Waals surface area contributed by atoms with E-state index in [1.54, 1.807) is 6.07 Å². The molecule has 0 spiro atoms. The average Bonchev–Trinajstić information content (AvgIpc) is 2.41. The summed E-state index contributed by atoms with van der Waals surface area (Å²) in [5, 5.41) is 9.03. The van der Waals surface area contributed by atoms with Crippen LogP contribution in [0.15, 0.2) is 29.4 Å². The molecule has 1 heterocycles. The first-order valence-electron chi connectivity index (χ1n) is 5.65. The fourth-order valence-corrected chi connectivity index (χ4v) is 3.31. The molecule has 4 nitrogen and oxygen atoms in total. The third-order valence-electron chi connectivity index (χ3n) is 2.52. The summed E-state index contributed by atoms with van der Waals surface area (Å²) in [5.74, 6) is -1.20. The molecule has 1 aromatic heterocycles. The molecule has 0 radical (unpaired) electrons. The van der Waals surface area contributed by atoms with Gasteiger partial charge in [0.2, 0.25) is 5.88 Å². The van der Waals surface area contributed by atoms with Crippen molar-refractivity contribution in [2.45, 2.75) is 17.1 Å². The van der Waals surface area contributed by atoms with Crippen molar-refractivity contribution in [3.8, 4) is 5.88 Å². The summed E-state index contributed by atoms with van der Waals surface area (Å²) in [6.45, 7) is 0. The van der Waals surface area contributed by atoms with E-state index in [0.717, 1.165) is 0 Å². The van der Waals surface area contributed by atoms with E-state index < -0.39 is 34.1 Å². The third kappa shape index (κ3) is 3.95. The normalized spacial score (nSPS) is 13.2. The van der Waals surface area contributed by atoms with Crippen molar-refractivity contribution in [2.75, 3.05) is 0 Å². The van der Waals surface area contributed by atoms with Gasteiger partial charge in [-0.05, 0) is 12.1 Å². The maximum Gasteiger partial charge on any atom is 0.433 e. The lowest BCUT2D eigenvalue weighted by Gasteiger charge is -2.12. The SMILES string of the molecule is [O-][S+](Cc1c(Cl)cccc1Cl)c1nc(O)cc(C(F)(F)F)n1. The maximum absolute atomic E-state index is 12.6. The molecule has 2 rings (SSSR count). The minimum Gasteiger partial charge on any atom is -0.609 e. The van der Waals surface area contributed by atoms with Crippen LogP contribution in [0, 0.1) is 0 Å². The highest BCUT2D eigenvalue weighted by Crippen LogP contribution is 2.31. The Balaban J connectivity index is 2.34. The smallest absolute Gasteiger partial charge is 0.433 e. The van der Waals surface area contributed by atoms with Gasteiger partial charge in [0.05, 0.1) is 0 Å². The average molecular weight is 371 g/mol. The van der Waals surface area contributed by atoms with Crippen molar-refractivity contribution in [1.82, 2.24) is 9.97 Å². The Morgan fingerprint density at radius 1 is 1.18 bits per heavy atom. The van der Waals surface area contributed by atoms with Crippen LogP contribution in [-0.2, 0) is 23.1 Å². The van der Waals surface area contributed by atoms with E-state index in [4.69, 9.17) is 23.2 Å². The van der Waals surface area contributed by atoms with E-state index in [0.29, 0.717) is 11.6 Å². The summed E-state index contributed by atoms with van der Waals surface area (Å²) in [7, 11) is 0. The molecule has 0 aliphatic carbocycles. The molecule has 0 saturated carbocycles. The maximum atomic E-state index is 12.6. The topological polar surface area (TPSA) is 69.1 Å². The Bertz CT molecular complexity index is 680. The molecule has 118 valence electrons. The molecule has 22 heavy (non-hydrogen) atoms. The number of nitrogens with zero attached hydrogens (tertiary/aromatic N) is 2. The van der Waals surface area contributed by atoms with Gasteiger partial charge in [0, 0.05) is 32.9 Å². The third-order valence-corrected chi connectivity index (χ3v) is 4.37. The zero-order chi connectivity index (χ0) is 16.5. The number of hydrogen-bond donors (Lipinski definition) is 1. The van der Waals surface area contributed by atoms with Gasteiger partial charge in [0.1, 0.15) is 5.75 Å². The fourth-order valence-electron chi connectivity index (χ4n) is 1.53. The van der Waals surface area contributed by atoms with Crippen LogP contribution in [-0.4, -0.2) is 19.6 Å². The molecule has 0 fully saturated rings. The van der Waals surface area contributed by atoms with Gasteiger partial charge in [0.25, 0.3) is 0 Å². The number of benzene rings is 1. The van der Waals surface area contributed by atoms with Gasteiger partial charge >= 0.3 is 11.3 Å². The fraction of sp³-hybridized carbons (Fsp3) is 0.167. The molecule has 1 N–H and O–H groups in total. The molecule has 0 aliphatic heterocycles. The first-order chi connectivity index (χ1) is 10.2. The van der Waals surface area contributed by atoms with E-state index in [1.807, 2.05) is 0 Å². The highest BCUT2D eigenvalue weighted by atomic mass is 35.5. The second-order valence-corrected chi connectivity index (χ2v) is 6.24. The Hall–Kier alpha value is -1.22. The predicted octanol–water partition coefficient (Wildman–Crippen LogP) is 3.82. The van der Waals surface area contributed by atoms with Crippen LogP contribution >= 0.6 is 23.2 Å². The lowest BCUT2D eigenvalue weighted by atomic mass is 10.2. The molecule has 0 bridgehead atoms. The number of rotatable bonds is 3. The van der Waals surface area contributed by atoms with E-state index in [9.17, 15) is 22.8 Å². The summed E-state index contributed by atoms with van der Waals surface area (Å²) < 4.78 is 50.0. The number of aromatic nitrogens is 2. The molecular weight excluding hydrogens is 364 g/mol. The van der Waals surface area contributed by atoms with Crippen LogP contribution in [0.5, 0.6) is 5.88 Å². The number of alkyl halides is 3. The molecule has 0 aliphatic rings. The van der Waals surface area contributed by atoms with Gasteiger partial charge < -0.3 is 9.66 Å². The Kier molecular flexibility index (Phi) is 5.06. The van der Waals surface area contributed by atoms with Gasteiger partial charge in [-0.25, -0.2) is 0 Å². The summed E-state index contributed by atoms with van der Waals surface area (Å²) in [6.07, 6.45) is -4.79. The summed E-state index contributed by atoms with van der Waals surface area (Å²) >= 11 is 9.75. The van der Waals surface area contributed by atoms with Crippen molar-refractivity contribution >= 4 is 34.4 Å². The van der Waals surface area contributed by atoms with Crippen LogP contribution in [0.25, 0.3) is 0 Å². The van der Waals surface area contributed by atoms with Crippen LogP contribution in [0.1, 0.15) is 11.3 Å². The van der Waals surface area contributed by atoms with E-state index in [-0.39, 0.29) is 15.8 Å². The van der Waals surface area contributed by atoms with Gasteiger partial charge in [-0.1, -0.05) is 29.3 Å². The van der Waals surface area contributed by atoms with Crippen molar-refractivity contribution in [1.29, 1.82) is 0 Å². The second kappa shape index (κ2) is 6.49. The van der Waals surface area contributed by atoms with Gasteiger partial charge in [-0.15, -0.1) is 4.98 Å². The van der Waals surface area contributed by atoms with Gasteiger partial charge in [-0.2, -0.15) is 18.2 Å². The molecule has 1 atom stereocenters. The molecule has 0 saturated heterocycles. The van der Waals surface area contributed by atoms with E-state index in [1.165, 1.54) is 12.1 Å². The van der Waals surface area contributed by atoms with Crippen molar-refractivity contribution in [3.63, 3.8) is 0 Å². The first kappa shape index (κ1) is 17.1. The Labute approximate surface area is 136 Å². The summed E-state index contributed by atoms with van der Waals surface area (Å²) in [6, 6.07) is 4.93. The largest absolute Gasteiger partial charge is 0.609 e. The lowest BCUT2D eigenvalue weighted by Crippen LogP contribution is -2.15. The van der Waals surface area contributed by atoms with Crippen LogP contribution in [0.2, 0.25) is 10.0 Å². The minimum absolute atomic E-state index is 0.219. The van der Waals surface area contributed by atoms with Crippen LogP contribution < -0.4 is 0 Å². The Morgan fingerprint density at radius 3 is 2.32 bits per heavy atom. The zero-order valence-corrected chi connectivity index (χ0v) is 12.9. The quantitative estimate of drug-likeness (QED) is 0.658. The summed E-state index contributed by atoms with van der Waals surface area (Å²) in [5.41, 5.74) is -1.08. The first-order valence-corrected chi connectivity index (χ1v) is 7.72. The molecule has 1 unspecified atom stereocenters. The number of hydrogen-bond acceptors (Lipinski definition) is 4. The molecule has 0 amide bonds. The summed E-state index contributed by atoms with van der Waals surface area (Å²) in [4.78, 5) is 6.54. The minimum atomic E-state index is -4.79.